The molecular weight excluding hydrogens is 248 g/mol. The molecule has 0 spiro atoms. The van der Waals surface area contributed by atoms with Gasteiger partial charge in [-0.15, -0.1) is 6.42 Å². The predicted octanol–water partition coefficient (Wildman–Crippen LogP) is 2.69. The van der Waals surface area contributed by atoms with Crippen molar-refractivity contribution in [3.05, 3.63) is 59.4 Å². The molecule has 0 aliphatic carbocycles. The lowest BCUT2D eigenvalue weighted by Crippen LogP contribution is -2.14. The molecule has 0 unspecified atom stereocenters. The molecule has 0 saturated carbocycles. The lowest BCUT2D eigenvalue weighted by atomic mass is 10.1. The number of hydrogen-bond donors (Lipinski definition) is 1. The molecule has 2 rings (SSSR count). The average Bonchev–Trinajstić information content (AvgIpc) is 2.48. The third-order valence-corrected chi connectivity index (χ3v) is 3.05. The number of pyridine rings is 1. The molecule has 1 heterocycles. The Bertz CT molecular complexity index is 602. The van der Waals surface area contributed by atoms with E-state index in [4.69, 9.17) is 11.2 Å². The normalized spacial score (nSPS) is 10.0. The summed E-state index contributed by atoms with van der Waals surface area (Å²) in [5.74, 6) is 3.32. The Balaban J connectivity index is 1.94. The Morgan fingerprint density at radius 1 is 1.20 bits per heavy atom. The van der Waals surface area contributed by atoms with E-state index in [0.29, 0.717) is 6.61 Å². The van der Waals surface area contributed by atoms with Crippen LogP contribution in [0.15, 0.2) is 42.7 Å². The summed E-state index contributed by atoms with van der Waals surface area (Å²) < 4.78 is 5.53. The highest BCUT2D eigenvalue weighted by atomic mass is 16.5. The van der Waals surface area contributed by atoms with Crippen LogP contribution in [0.4, 0.5) is 0 Å². The van der Waals surface area contributed by atoms with Crippen LogP contribution < -0.4 is 10.1 Å². The van der Waals surface area contributed by atoms with E-state index in [1.807, 2.05) is 42.7 Å². The van der Waals surface area contributed by atoms with Gasteiger partial charge in [-0.1, -0.05) is 24.1 Å². The van der Waals surface area contributed by atoms with Gasteiger partial charge in [0.1, 0.15) is 12.4 Å². The van der Waals surface area contributed by atoms with Crippen molar-refractivity contribution in [3.8, 4) is 18.1 Å². The molecule has 2 aromatic rings. The first-order valence-electron chi connectivity index (χ1n) is 6.55. The molecule has 0 atom stereocenters. The van der Waals surface area contributed by atoms with E-state index < -0.39 is 0 Å². The van der Waals surface area contributed by atoms with Crippen LogP contribution in [0.5, 0.6) is 5.75 Å². The van der Waals surface area contributed by atoms with Crippen LogP contribution in [0.1, 0.15) is 16.7 Å². The predicted molar refractivity (Wildman–Crippen MR) is 80.3 cm³/mol. The SMILES string of the molecule is C#CCOc1ccccc1CNCc1ccncc1C. The second-order valence-corrected chi connectivity index (χ2v) is 4.51. The Morgan fingerprint density at radius 2 is 2.00 bits per heavy atom. The summed E-state index contributed by atoms with van der Waals surface area (Å²) in [4.78, 5) is 4.09. The fraction of sp³-hybridized carbons (Fsp3) is 0.235. The minimum absolute atomic E-state index is 0.292. The molecule has 1 aromatic heterocycles. The number of aryl methyl sites for hydroxylation is 1. The Labute approximate surface area is 120 Å². The minimum Gasteiger partial charge on any atom is -0.481 e. The summed E-state index contributed by atoms with van der Waals surface area (Å²) in [6.45, 7) is 3.90. The van der Waals surface area contributed by atoms with Gasteiger partial charge in [0, 0.05) is 31.0 Å². The van der Waals surface area contributed by atoms with Crippen LogP contribution in [0.2, 0.25) is 0 Å². The number of nitrogens with one attached hydrogen (secondary N) is 1. The highest BCUT2D eigenvalue weighted by Crippen LogP contribution is 2.17. The summed E-state index contributed by atoms with van der Waals surface area (Å²) in [6, 6.07) is 9.95. The molecule has 20 heavy (non-hydrogen) atoms. The Kier molecular flexibility index (Phi) is 5.16. The summed E-state index contributed by atoms with van der Waals surface area (Å²) in [7, 11) is 0. The number of aromatic nitrogens is 1. The molecular formula is C17H18N2O. The van der Waals surface area contributed by atoms with Crippen LogP contribution in [0.25, 0.3) is 0 Å². The van der Waals surface area contributed by atoms with Gasteiger partial charge in [-0.2, -0.15) is 0 Å². The van der Waals surface area contributed by atoms with Crippen LogP contribution in [0.3, 0.4) is 0 Å². The largest absolute Gasteiger partial charge is 0.481 e. The van der Waals surface area contributed by atoms with Crippen molar-refractivity contribution in [2.24, 2.45) is 0 Å². The third kappa shape index (κ3) is 3.84. The van der Waals surface area contributed by atoms with Crippen molar-refractivity contribution in [2.45, 2.75) is 20.0 Å². The third-order valence-electron chi connectivity index (χ3n) is 3.05. The van der Waals surface area contributed by atoms with Gasteiger partial charge >= 0.3 is 0 Å². The molecule has 1 N–H and O–H groups in total. The quantitative estimate of drug-likeness (QED) is 0.816. The molecule has 0 radical (unpaired) electrons. The zero-order valence-electron chi connectivity index (χ0n) is 11.6. The van der Waals surface area contributed by atoms with Crippen LogP contribution in [-0.2, 0) is 13.1 Å². The van der Waals surface area contributed by atoms with Crippen molar-refractivity contribution in [3.63, 3.8) is 0 Å². The molecule has 1 aromatic carbocycles. The fourth-order valence-corrected chi connectivity index (χ4v) is 1.94. The monoisotopic (exact) mass is 266 g/mol. The van der Waals surface area contributed by atoms with Gasteiger partial charge in [-0.25, -0.2) is 0 Å². The fourth-order valence-electron chi connectivity index (χ4n) is 1.94. The van der Waals surface area contributed by atoms with Crippen molar-refractivity contribution < 1.29 is 4.74 Å². The van der Waals surface area contributed by atoms with Crippen LogP contribution in [0, 0.1) is 19.3 Å². The zero-order chi connectivity index (χ0) is 14.2. The van der Waals surface area contributed by atoms with Crippen LogP contribution in [-0.4, -0.2) is 11.6 Å². The van der Waals surface area contributed by atoms with Gasteiger partial charge in [0.25, 0.3) is 0 Å². The molecule has 0 aliphatic rings. The molecule has 0 aliphatic heterocycles. The van der Waals surface area contributed by atoms with Gasteiger partial charge in [0.05, 0.1) is 0 Å². The number of ether oxygens (including phenoxy) is 1. The first-order chi connectivity index (χ1) is 9.81. The first-order valence-corrected chi connectivity index (χ1v) is 6.55. The van der Waals surface area contributed by atoms with Crippen LogP contribution >= 0.6 is 0 Å². The van der Waals surface area contributed by atoms with E-state index in [1.54, 1.807) is 0 Å². The lowest BCUT2D eigenvalue weighted by molar-refractivity contribution is 0.365. The Hall–Kier alpha value is -2.31. The van der Waals surface area contributed by atoms with Gasteiger partial charge in [0.15, 0.2) is 0 Å². The number of benzene rings is 1. The highest BCUT2D eigenvalue weighted by molar-refractivity contribution is 5.33. The van der Waals surface area contributed by atoms with Crippen molar-refractivity contribution >= 4 is 0 Å². The second-order valence-electron chi connectivity index (χ2n) is 4.51. The summed E-state index contributed by atoms with van der Waals surface area (Å²) in [5.41, 5.74) is 3.55. The molecule has 3 nitrogen and oxygen atoms in total. The molecule has 0 saturated heterocycles. The second kappa shape index (κ2) is 7.32. The summed E-state index contributed by atoms with van der Waals surface area (Å²) in [5, 5.41) is 3.42. The van der Waals surface area contributed by atoms with E-state index in [2.05, 4.69) is 23.1 Å². The van der Waals surface area contributed by atoms with Crippen molar-refractivity contribution in [1.82, 2.24) is 10.3 Å². The number of terminal acetylenes is 1. The molecule has 0 bridgehead atoms. The van der Waals surface area contributed by atoms with Gasteiger partial charge in [-0.3, -0.25) is 4.98 Å². The van der Waals surface area contributed by atoms with Crippen molar-refractivity contribution in [2.75, 3.05) is 6.61 Å². The average molecular weight is 266 g/mol. The lowest BCUT2D eigenvalue weighted by Gasteiger charge is -2.11. The molecule has 102 valence electrons. The van der Waals surface area contributed by atoms with Gasteiger partial charge < -0.3 is 10.1 Å². The maximum Gasteiger partial charge on any atom is 0.148 e. The van der Waals surface area contributed by atoms with Crippen molar-refractivity contribution in [1.29, 1.82) is 0 Å². The number of nitrogens with zero attached hydrogens (tertiary/aromatic N) is 1. The number of para-hydroxylation sites is 1. The zero-order valence-corrected chi connectivity index (χ0v) is 11.6. The number of hydrogen-bond acceptors (Lipinski definition) is 3. The van der Waals surface area contributed by atoms with E-state index in [0.717, 1.165) is 24.4 Å². The smallest absolute Gasteiger partial charge is 0.148 e. The number of rotatable bonds is 6. The highest BCUT2D eigenvalue weighted by Gasteiger charge is 2.03. The maximum absolute atomic E-state index is 5.53. The van der Waals surface area contributed by atoms with E-state index in [-0.39, 0.29) is 0 Å². The molecule has 0 fully saturated rings. The first kappa shape index (κ1) is 14.1. The van der Waals surface area contributed by atoms with Gasteiger partial charge in [0.2, 0.25) is 0 Å². The summed E-state index contributed by atoms with van der Waals surface area (Å²) >= 11 is 0. The standard InChI is InChI=1S/C17H18N2O/c1-3-10-20-17-7-5-4-6-16(17)13-19-12-15-8-9-18-11-14(15)2/h1,4-9,11,19H,10,12-13H2,2H3. The topological polar surface area (TPSA) is 34.1 Å². The van der Waals surface area contributed by atoms with Gasteiger partial charge in [-0.05, 0) is 30.2 Å². The maximum atomic E-state index is 5.53. The minimum atomic E-state index is 0.292. The van der Waals surface area contributed by atoms with E-state index in [1.165, 1.54) is 11.1 Å². The summed E-state index contributed by atoms with van der Waals surface area (Å²) in [6.07, 6.45) is 8.91. The van der Waals surface area contributed by atoms with E-state index >= 15 is 0 Å². The molecule has 3 heteroatoms. The Morgan fingerprint density at radius 3 is 2.80 bits per heavy atom. The molecule has 0 amide bonds. The van der Waals surface area contributed by atoms with E-state index in [9.17, 15) is 0 Å².